The summed E-state index contributed by atoms with van der Waals surface area (Å²) in [5, 5.41) is 3.14. The number of urea groups is 1. The smallest absolute Gasteiger partial charge is 0.318 e. The highest BCUT2D eigenvalue weighted by atomic mass is 19.1. The summed E-state index contributed by atoms with van der Waals surface area (Å²) in [6, 6.07) is 13.5. The molecule has 0 spiro atoms. The molecule has 2 aromatic carbocycles. The maximum atomic E-state index is 13.4. The maximum absolute atomic E-state index is 13.4. The Morgan fingerprint density at radius 1 is 1.07 bits per heavy atom. The van der Waals surface area contributed by atoms with Gasteiger partial charge >= 0.3 is 6.03 Å². The van der Waals surface area contributed by atoms with Crippen LogP contribution in [0.5, 0.6) is 5.75 Å². The predicted molar refractivity (Wildman–Crippen MR) is 104 cm³/mol. The molecular weight excluding hydrogens is 343 g/mol. The topological polar surface area (TPSA) is 41.6 Å². The highest BCUT2D eigenvalue weighted by Gasteiger charge is 2.23. The molecule has 27 heavy (non-hydrogen) atoms. The summed E-state index contributed by atoms with van der Waals surface area (Å²) >= 11 is 0. The summed E-state index contributed by atoms with van der Waals surface area (Å²) in [7, 11) is 1.62. The van der Waals surface area contributed by atoms with Crippen molar-refractivity contribution in [3.05, 3.63) is 65.5 Å². The van der Waals surface area contributed by atoms with Crippen molar-refractivity contribution >= 4 is 6.03 Å². The molecule has 0 radical (unpaired) electrons. The number of hydrogen-bond donors (Lipinski definition) is 1. The van der Waals surface area contributed by atoms with E-state index < -0.39 is 0 Å². The summed E-state index contributed by atoms with van der Waals surface area (Å²) in [6.45, 7) is 3.78. The number of benzene rings is 2. The van der Waals surface area contributed by atoms with E-state index in [0.29, 0.717) is 5.92 Å². The molecule has 5 heteroatoms. The van der Waals surface area contributed by atoms with Crippen LogP contribution in [0.3, 0.4) is 0 Å². The maximum Gasteiger partial charge on any atom is 0.318 e. The fourth-order valence-electron chi connectivity index (χ4n) is 3.49. The molecule has 1 fully saturated rings. The molecule has 0 bridgehead atoms. The van der Waals surface area contributed by atoms with Gasteiger partial charge in [0.25, 0.3) is 0 Å². The average molecular weight is 370 g/mol. The van der Waals surface area contributed by atoms with Gasteiger partial charge in [0.15, 0.2) is 0 Å². The summed E-state index contributed by atoms with van der Waals surface area (Å²) in [4.78, 5) is 14.8. The molecule has 1 saturated heterocycles. The van der Waals surface area contributed by atoms with E-state index in [9.17, 15) is 9.18 Å². The average Bonchev–Trinajstić information content (AvgIpc) is 2.91. The third-order valence-electron chi connectivity index (χ3n) is 5.22. The van der Waals surface area contributed by atoms with Crippen LogP contribution in [0.1, 0.15) is 43.4 Å². The summed E-state index contributed by atoms with van der Waals surface area (Å²) < 4.78 is 18.6. The lowest BCUT2D eigenvalue weighted by molar-refractivity contribution is 0.197. The molecule has 1 aliphatic rings. The number of nitrogens with one attached hydrogen (secondary N) is 1. The Morgan fingerprint density at radius 2 is 1.70 bits per heavy atom. The van der Waals surface area contributed by atoms with Gasteiger partial charge in [0, 0.05) is 13.1 Å². The van der Waals surface area contributed by atoms with Gasteiger partial charge in [0.1, 0.15) is 11.6 Å². The summed E-state index contributed by atoms with van der Waals surface area (Å²) in [6.07, 6.45) is 3.21. The summed E-state index contributed by atoms with van der Waals surface area (Å²) in [5.74, 6) is 1.11. The molecule has 1 N–H and O–H groups in total. The molecule has 0 saturated carbocycles. The number of amides is 2. The van der Waals surface area contributed by atoms with Crippen LogP contribution in [0.15, 0.2) is 48.5 Å². The Morgan fingerprint density at radius 3 is 2.33 bits per heavy atom. The monoisotopic (exact) mass is 370 g/mol. The number of nitrogens with zero attached hydrogens (tertiary/aromatic N) is 1. The van der Waals surface area contributed by atoms with Crippen molar-refractivity contribution in [3.63, 3.8) is 0 Å². The first-order valence-corrected chi connectivity index (χ1v) is 9.51. The predicted octanol–water partition coefficient (Wildman–Crippen LogP) is 4.76. The number of methoxy groups -OCH3 is 1. The zero-order valence-corrected chi connectivity index (χ0v) is 16.0. The van der Waals surface area contributed by atoms with E-state index in [1.807, 2.05) is 29.2 Å². The van der Waals surface area contributed by atoms with Crippen LogP contribution in [0.4, 0.5) is 9.18 Å². The van der Waals surface area contributed by atoms with E-state index >= 15 is 0 Å². The molecule has 1 heterocycles. The Hall–Kier alpha value is -2.56. The Balaban J connectivity index is 1.82. The number of hydrogen-bond acceptors (Lipinski definition) is 2. The number of rotatable bonds is 4. The minimum Gasteiger partial charge on any atom is -0.497 e. The fraction of sp³-hybridized carbons (Fsp3) is 0.409. The molecule has 0 aliphatic carbocycles. The van der Waals surface area contributed by atoms with Gasteiger partial charge < -0.3 is 15.0 Å². The van der Waals surface area contributed by atoms with Crippen LogP contribution in [-0.4, -0.2) is 31.1 Å². The molecule has 2 amide bonds. The van der Waals surface area contributed by atoms with Crippen LogP contribution < -0.4 is 10.1 Å². The van der Waals surface area contributed by atoms with Crippen LogP contribution in [-0.2, 0) is 0 Å². The second-order valence-electron chi connectivity index (χ2n) is 7.23. The van der Waals surface area contributed by atoms with Crippen molar-refractivity contribution in [2.45, 2.75) is 32.2 Å². The minimum atomic E-state index is -0.343. The molecule has 2 atom stereocenters. The standard InChI is InChI=1S/C22H27FN2O2/c1-16-4-3-14-25(15-13-16)22(26)24-21(17-5-9-19(23)10-6-17)18-7-11-20(27-2)12-8-18/h5-12,16,21H,3-4,13-15H2,1-2H3,(H,24,26)/t16-,21-/m1/s1. The molecule has 1 aliphatic heterocycles. The van der Waals surface area contributed by atoms with Crippen molar-refractivity contribution < 1.29 is 13.9 Å². The quantitative estimate of drug-likeness (QED) is 0.843. The van der Waals surface area contributed by atoms with Crippen LogP contribution in [0.2, 0.25) is 0 Å². The molecular formula is C22H27FN2O2. The first kappa shape index (κ1) is 19.2. The van der Waals surface area contributed by atoms with Gasteiger partial charge in [-0.05, 0) is 60.6 Å². The van der Waals surface area contributed by atoms with E-state index in [4.69, 9.17) is 4.74 Å². The molecule has 0 unspecified atom stereocenters. The van der Waals surface area contributed by atoms with Gasteiger partial charge in [0.05, 0.1) is 13.2 Å². The van der Waals surface area contributed by atoms with Gasteiger partial charge in [-0.25, -0.2) is 9.18 Å². The minimum absolute atomic E-state index is 0.0748. The highest BCUT2D eigenvalue weighted by molar-refractivity contribution is 5.75. The number of carbonyl (C=O) groups excluding carboxylic acids is 1. The highest BCUT2D eigenvalue weighted by Crippen LogP contribution is 2.25. The molecule has 0 aromatic heterocycles. The second kappa shape index (κ2) is 8.89. The van der Waals surface area contributed by atoms with Crippen LogP contribution in [0.25, 0.3) is 0 Å². The second-order valence-corrected chi connectivity index (χ2v) is 7.23. The number of ether oxygens (including phenoxy) is 1. The van der Waals surface area contributed by atoms with Crippen molar-refractivity contribution in [2.75, 3.05) is 20.2 Å². The number of halogens is 1. The van der Waals surface area contributed by atoms with Crippen molar-refractivity contribution in [3.8, 4) is 5.75 Å². The lowest BCUT2D eigenvalue weighted by Gasteiger charge is -2.26. The Kier molecular flexibility index (Phi) is 6.32. The van der Waals surface area contributed by atoms with Crippen molar-refractivity contribution in [2.24, 2.45) is 5.92 Å². The van der Waals surface area contributed by atoms with Gasteiger partial charge in [-0.3, -0.25) is 0 Å². The first-order chi connectivity index (χ1) is 13.1. The van der Waals surface area contributed by atoms with Crippen molar-refractivity contribution in [1.82, 2.24) is 10.2 Å². The molecule has 2 aromatic rings. The molecule has 144 valence electrons. The summed E-state index contributed by atoms with van der Waals surface area (Å²) in [5.41, 5.74) is 1.78. The van der Waals surface area contributed by atoms with Crippen molar-refractivity contribution in [1.29, 1.82) is 0 Å². The zero-order valence-electron chi connectivity index (χ0n) is 16.0. The van der Waals surface area contributed by atoms with E-state index in [2.05, 4.69) is 12.2 Å². The Bertz CT molecular complexity index is 746. The lowest BCUT2D eigenvalue weighted by atomic mass is 9.98. The van der Waals surface area contributed by atoms with E-state index in [-0.39, 0.29) is 17.9 Å². The third kappa shape index (κ3) is 5.00. The lowest BCUT2D eigenvalue weighted by Crippen LogP contribution is -2.42. The Labute approximate surface area is 160 Å². The van der Waals surface area contributed by atoms with Crippen LogP contribution >= 0.6 is 0 Å². The molecule has 3 rings (SSSR count). The van der Waals surface area contributed by atoms with Gasteiger partial charge in [0.2, 0.25) is 0 Å². The fourth-order valence-corrected chi connectivity index (χ4v) is 3.49. The van der Waals surface area contributed by atoms with Gasteiger partial charge in [-0.15, -0.1) is 0 Å². The van der Waals surface area contributed by atoms with Gasteiger partial charge in [-0.1, -0.05) is 31.2 Å². The third-order valence-corrected chi connectivity index (χ3v) is 5.22. The molecule has 4 nitrogen and oxygen atoms in total. The van der Waals surface area contributed by atoms with E-state index in [1.165, 1.54) is 12.1 Å². The van der Waals surface area contributed by atoms with E-state index in [1.54, 1.807) is 19.2 Å². The normalized spacial score (nSPS) is 18.5. The van der Waals surface area contributed by atoms with Crippen LogP contribution in [0, 0.1) is 11.7 Å². The largest absolute Gasteiger partial charge is 0.497 e. The zero-order chi connectivity index (χ0) is 19.2. The van der Waals surface area contributed by atoms with E-state index in [0.717, 1.165) is 49.2 Å². The SMILES string of the molecule is COc1ccc([C@H](NC(=O)N2CCC[C@@H](C)CC2)c2ccc(F)cc2)cc1. The first-order valence-electron chi connectivity index (χ1n) is 9.51. The number of likely N-dealkylation sites (tertiary alicyclic amines) is 1. The van der Waals surface area contributed by atoms with Gasteiger partial charge in [-0.2, -0.15) is 0 Å². The number of carbonyl (C=O) groups is 1.